The lowest BCUT2D eigenvalue weighted by Gasteiger charge is -2.42. The van der Waals surface area contributed by atoms with Crippen LogP contribution in [0.1, 0.15) is 81.1 Å². The zero-order chi connectivity index (χ0) is 17.2. The van der Waals surface area contributed by atoms with Crippen molar-refractivity contribution in [3.05, 3.63) is 0 Å². The third-order valence-corrected chi connectivity index (χ3v) is 11.8. The van der Waals surface area contributed by atoms with Crippen molar-refractivity contribution in [1.82, 2.24) is 0 Å². The Morgan fingerprint density at radius 1 is 0.727 bits per heavy atom. The van der Waals surface area contributed by atoms with Crippen LogP contribution in [0.25, 0.3) is 0 Å². The molecule has 0 aromatic heterocycles. The second kappa shape index (κ2) is 11.7. The van der Waals surface area contributed by atoms with Crippen LogP contribution in [0.4, 0.5) is 0 Å². The highest BCUT2D eigenvalue weighted by molar-refractivity contribution is 6.77. The van der Waals surface area contributed by atoms with Crippen molar-refractivity contribution in [1.29, 1.82) is 0 Å². The topological polar surface area (TPSA) is 9.23 Å². The van der Waals surface area contributed by atoms with Crippen LogP contribution in [0.5, 0.6) is 0 Å². The maximum Gasteiger partial charge on any atom is 0.200 e. The minimum absolute atomic E-state index is 0.711. The number of hydrogen-bond acceptors (Lipinski definition) is 1. The van der Waals surface area contributed by atoms with Gasteiger partial charge in [-0.3, -0.25) is 0 Å². The summed E-state index contributed by atoms with van der Waals surface area (Å²) in [5.41, 5.74) is 2.13. The SMILES string of the molecule is CCB(CC)CCCCCCO[Si](C(C)C)(C(C)C)C(C)C. The molecule has 22 heavy (non-hydrogen) atoms. The molecule has 0 N–H and O–H groups in total. The van der Waals surface area contributed by atoms with Crippen LogP contribution in [0.2, 0.25) is 35.6 Å². The standard InChI is InChI=1S/C19H43BOSi/c1-9-20(10-2)15-13-11-12-14-16-21-22(17(3)4,18(5)6)19(7)8/h17-19H,9-16H2,1-8H3. The van der Waals surface area contributed by atoms with E-state index in [4.69, 9.17) is 4.43 Å². The van der Waals surface area contributed by atoms with Crippen molar-refractivity contribution >= 4 is 15.0 Å². The van der Waals surface area contributed by atoms with Gasteiger partial charge in [-0.05, 0) is 23.0 Å². The van der Waals surface area contributed by atoms with E-state index in [0.29, 0.717) is 16.6 Å². The first-order valence-electron chi connectivity index (χ1n) is 9.96. The van der Waals surface area contributed by atoms with Gasteiger partial charge in [0.05, 0.1) is 0 Å². The largest absolute Gasteiger partial charge is 0.416 e. The van der Waals surface area contributed by atoms with E-state index in [-0.39, 0.29) is 0 Å². The van der Waals surface area contributed by atoms with Crippen molar-refractivity contribution in [3.8, 4) is 0 Å². The molecule has 0 bridgehead atoms. The molecule has 0 rings (SSSR count). The normalized spacial score (nSPS) is 12.7. The molecule has 0 fully saturated rings. The molecular weight excluding hydrogens is 283 g/mol. The van der Waals surface area contributed by atoms with Crippen molar-refractivity contribution in [3.63, 3.8) is 0 Å². The monoisotopic (exact) mass is 326 g/mol. The highest BCUT2D eigenvalue weighted by atomic mass is 28.4. The first-order chi connectivity index (χ1) is 10.3. The summed E-state index contributed by atoms with van der Waals surface area (Å²) in [5.74, 6) is 0. The van der Waals surface area contributed by atoms with Crippen LogP contribution in [0.3, 0.4) is 0 Å². The molecule has 0 aliphatic heterocycles. The fraction of sp³-hybridized carbons (Fsp3) is 1.00. The average Bonchev–Trinajstić information content (AvgIpc) is 2.44. The molecule has 0 aromatic carbocycles. The summed E-state index contributed by atoms with van der Waals surface area (Å²) in [6.45, 7) is 20.9. The van der Waals surface area contributed by atoms with Crippen LogP contribution in [0.15, 0.2) is 0 Å². The molecule has 0 spiro atoms. The Hall–Kier alpha value is 0.242. The van der Waals surface area contributed by atoms with E-state index in [1.54, 1.807) is 0 Å². The first-order valence-corrected chi connectivity index (χ1v) is 12.1. The van der Waals surface area contributed by atoms with E-state index in [0.717, 1.165) is 13.3 Å². The molecule has 0 aliphatic carbocycles. The first kappa shape index (κ1) is 22.2. The summed E-state index contributed by atoms with van der Waals surface area (Å²) in [5, 5.41) is 0. The van der Waals surface area contributed by atoms with Gasteiger partial charge in [0.25, 0.3) is 0 Å². The van der Waals surface area contributed by atoms with Crippen molar-refractivity contribution in [2.45, 2.75) is 117 Å². The highest BCUT2D eigenvalue weighted by Gasteiger charge is 2.44. The van der Waals surface area contributed by atoms with E-state index < -0.39 is 8.32 Å². The lowest BCUT2D eigenvalue weighted by Crippen LogP contribution is -2.47. The van der Waals surface area contributed by atoms with E-state index >= 15 is 0 Å². The van der Waals surface area contributed by atoms with Gasteiger partial charge in [0.2, 0.25) is 0 Å². The van der Waals surface area contributed by atoms with Gasteiger partial charge >= 0.3 is 0 Å². The smallest absolute Gasteiger partial charge is 0.200 e. The number of unbranched alkanes of at least 4 members (excludes halogenated alkanes) is 3. The summed E-state index contributed by atoms with van der Waals surface area (Å²) < 4.78 is 6.62. The van der Waals surface area contributed by atoms with Crippen LogP contribution in [-0.2, 0) is 4.43 Å². The fourth-order valence-corrected chi connectivity index (χ4v) is 9.83. The Kier molecular flexibility index (Phi) is 11.9. The lowest BCUT2D eigenvalue weighted by atomic mass is 9.43. The Balaban J connectivity index is 4.06. The molecule has 132 valence electrons. The molecule has 1 nitrogen and oxygen atoms in total. The summed E-state index contributed by atoms with van der Waals surface area (Å²) in [6.07, 6.45) is 9.53. The van der Waals surface area contributed by atoms with Gasteiger partial charge in [0, 0.05) is 6.61 Å². The Morgan fingerprint density at radius 3 is 1.59 bits per heavy atom. The van der Waals surface area contributed by atoms with Crippen LogP contribution in [0, 0.1) is 0 Å². The molecule has 0 radical (unpaired) electrons. The number of hydrogen-bond donors (Lipinski definition) is 0. The van der Waals surface area contributed by atoms with E-state index in [9.17, 15) is 0 Å². The van der Waals surface area contributed by atoms with Crippen LogP contribution >= 0.6 is 0 Å². The molecule has 0 saturated carbocycles. The maximum absolute atomic E-state index is 6.62. The highest BCUT2D eigenvalue weighted by Crippen LogP contribution is 2.42. The van der Waals surface area contributed by atoms with Crippen molar-refractivity contribution < 1.29 is 4.43 Å². The van der Waals surface area contributed by atoms with Crippen LogP contribution < -0.4 is 0 Å². The quantitative estimate of drug-likeness (QED) is 0.255. The van der Waals surface area contributed by atoms with Crippen LogP contribution in [-0.4, -0.2) is 21.6 Å². The van der Waals surface area contributed by atoms with Gasteiger partial charge in [-0.2, -0.15) is 0 Å². The number of rotatable bonds is 13. The van der Waals surface area contributed by atoms with Crippen molar-refractivity contribution in [2.75, 3.05) is 6.61 Å². The minimum atomic E-state index is -1.63. The second-order valence-corrected chi connectivity index (χ2v) is 13.5. The molecule has 0 aliphatic rings. The molecular formula is C19H43BOSi. The predicted molar refractivity (Wildman–Crippen MR) is 107 cm³/mol. The van der Waals surface area contributed by atoms with Gasteiger partial charge in [-0.15, -0.1) is 0 Å². The Morgan fingerprint density at radius 2 is 1.18 bits per heavy atom. The zero-order valence-corrected chi connectivity index (χ0v) is 17.9. The third kappa shape index (κ3) is 6.78. The zero-order valence-electron chi connectivity index (χ0n) is 16.9. The Bertz CT molecular complexity index is 240. The summed E-state index contributed by atoms with van der Waals surface area (Å²) >= 11 is 0. The molecule has 0 unspecified atom stereocenters. The van der Waals surface area contributed by atoms with Gasteiger partial charge in [0.1, 0.15) is 6.71 Å². The second-order valence-electron chi connectivity index (χ2n) is 8.05. The minimum Gasteiger partial charge on any atom is -0.416 e. The predicted octanol–water partition coefficient (Wildman–Crippen LogP) is 7.27. The van der Waals surface area contributed by atoms with Gasteiger partial charge in [-0.25, -0.2) is 0 Å². The lowest BCUT2D eigenvalue weighted by molar-refractivity contribution is 0.268. The van der Waals surface area contributed by atoms with E-state index in [2.05, 4.69) is 55.4 Å². The van der Waals surface area contributed by atoms with Gasteiger partial charge in [-0.1, -0.05) is 93.6 Å². The molecule has 0 aromatic rings. The summed E-state index contributed by atoms with van der Waals surface area (Å²) in [6, 6.07) is 0. The van der Waals surface area contributed by atoms with Gasteiger partial charge in [0.15, 0.2) is 8.32 Å². The van der Waals surface area contributed by atoms with Crippen molar-refractivity contribution in [2.24, 2.45) is 0 Å². The van der Waals surface area contributed by atoms with E-state index in [1.807, 2.05) is 0 Å². The molecule has 0 saturated heterocycles. The maximum atomic E-state index is 6.62. The Labute approximate surface area is 143 Å². The van der Waals surface area contributed by atoms with Gasteiger partial charge < -0.3 is 4.43 Å². The molecule has 0 heterocycles. The summed E-state index contributed by atoms with van der Waals surface area (Å²) in [4.78, 5) is 0. The molecule has 0 atom stereocenters. The fourth-order valence-electron chi connectivity index (χ4n) is 4.33. The average molecular weight is 326 g/mol. The summed E-state index contributed by atoms with van der Waals surface area (Å²) in [7, 11) is -1.63. The third-order valence-electron chi connectivity index (χ3n) is 5.72. The molecule has 3 heteroatoms. The molecule has 0 amide bonds. The van der Waals surface area contributed by atoms with E-state index in [1.165, 1.54) is 44.6 Å².